The Morgan fingerprint density at radius 1 is 1.32 bits per heavy atom. The van der Waals surface area contributed by atoms with E-state index in [1.54, 1.807) is 0 Å². The van der Waals surface area contributed by atoms with E-state index >= 15 is 0 Å². The molecular weight excluding hydrogens is 234 g/mol. The van der Waals surface area contributed by atoms with Crippen LogP contribution in [-0.4, -0.2) is 18.7 Å². The van der Waals surface area contributed by atoms with Gasteiger partial charge in [-0.15, -0.1) is 0 Å². The summed E-state index contributed by atoms with van der Waals surface area (Å²) in [5.74, 6) is 1.59. The summed E-state index contributed by atoms with van der Waals surface area (Å²) in [7, 11) is 0. The van der Waals surface area contributed by atoms with E-state index in [-0.39, 0.29) is 0 Å². The molecule has 1 aromatic carbocycles. The van der Waals surface area contributed by atoms with Crippen molar-refractivity contribution in [2.75, 3.05) is 6.54 Å². The van der Waals surface area contributed by atoms with Crippen molar-refractivity contribution in [3.63, 3.8) is 0 Å². The SMILES string of the molecule is CCCNC1CCCC1Oc1cccc(C(C)C)c1. The summed E-state index contributed by atoms with van der Waals surface area (Å²) in [5.41, 5.74) is 1.36. The van der Waals surface area contributed by atoms with Gasteiger partial charge in [-0.3, -0.25) is 0 Å². The average molecular weight is 261 g/mol. The van der Waals surface area contributed by atoms with Crippen molar-refractivity contribution in [1.29, 1.82) is 0 Å². The van der Waals surface area contributed by atoms with E-state index in [2.05, 4.69) is 50.4 Å². The van der Waals surface area contributed by atoms with Gasteiger partial charge in [0.2, 0.25) is 0 Å². The third-order valence-corrected chi connectivity index (χ3v) is 3.92. The molecule has 0 spiro atoms. The number of ether oxygens (including phenoxy) is 1. The summed E-state index contributed by atoms with van der Waals surface area (Å²) in [6.07, 6.45) is 5.22. The second-order valence-corrected chi connectivity index (χ2v) is 5.88. The van der Waals surface area contributed by atoms with E-state index in [0.29, 0.717) is 18.1 Å². The van der Waals surface area contributed by atoms with Crippen LogP contribution in [0.4, 0.5) is 0 Å². The molecule has 2 rings (SSSR count). The predicted octanol–water partition coefficient (Wildman–Crippen LogP) is 4.11. The molecule has 0 aromatic heterocycles. The molecule has 1 aliphatic rings. The molecule has 0 aliphatic heterocycles. The Labute approximate surface area is 117 Å². The van der Waals surface area contributed by atoms with Gasteiger partial charge in [0.05, 0.1) is 0 Å². The smallest absolute Gasteiger partial charge is 0.120 e. The fourth-order valence-corrected chi connectivity index (χ4v) is 2.75. The van der Waals surface area contributed by atoms with E-state index < -0.39 is 0 Å². The van der Waals surface area contributed by atoms with Gasteiger partial charge in [0, 0.05) is 6.04 Å². The molecule has 106 valence electrons. The minimum atomic E-state index is 0.342. The monoisotopic (exact) mass is 261 g/mol. The molecule has 19 heavy (non-hydrogen) atoms. The van der Waals surface area contributed by atoms with Gasteiger partial charge in [0.1, 0.15) is 11.9 Å². The fourth-order valence-electron chi connectivity index (χ4n) is 2.75. The summed E-state index contributed by atoms with van der Waals surface area (Å²) in [5, 5.41) is 3.61. The maximum Gasteiger partial charge on any atom is 0.120 e. The Kier molecular flexibility index (Phi) is 5.26. The number of hydrogen-bond donors (Lipinski definition) is 1. The molecule has 1 fully saturated rings. The minimum absolute atomic E-state index is 0.342. The van der Waals surface area contributed by atoms with Gasteiger partial charge in [-0.05, 0) is 55.8 Å². The zero-order valence-electron chi connectivity index (χ0n) is 12.5. The van der Waals surface area contributed by atoms with Crippen molar-refractivity contribution in [2.45, 2.75) is 64.5 Å². The van der Waals surface area contributed by atoms with Gasteiger partial charge in [0.25, 0.3) is 0 Å². The number of rotatable bonds is 6. The Morgan fingerprint density at radius 2 is 2.16 bits per heavy atom. The van der Waals surface area contributed by atoms with Crippen molar-refractivity contribution in [3.05, 3.63) is 29.8 Å². The molecule has 1 aromatic rings. The topological polar surface area (TPSA) is 21.3 Å². The predicted molar refractivity (Wildman–Crippen MR) is 80.9 cm³/mol. The van der Waals surface area contributed by atoms with Crippen LogP contribution in [0.1, 0.15) is 57.9 Å². The zero-order chi connectivity index (χ0) is 13.7. The first-order chi connectivity index (χ1) is 9.20. The normalized spacial score (nSPS) is 22.9. The van der Waals surface area contributed by atoms with Gasteiger partial charge >= 0.3 is 0 Å². The molecule has 0 amide bonds. The lowest BCUT2D eigenvalue weighted by Gasteiger charge is -2.22. The highest BCUT2D eigenvalue weighted by molar-refractivity contribution is 5.30. The van der Waals surface area contributed by atoms with Gasteiger partial charge < -0.3 is 10.1 Å². The van der Waals surface area contributed by atoms with Crippen LogP contribution in [0.3, 0.4) is 0 Å². The van der Waals surface area contributed by atoms with E-state index in [9.17, 15) is 0 Å². The first kappa shape index (κ1) is 14.4. The van der Waals surface area contributed by atoms with Crippen LogP contribution in [0.25, 0.3) is 0 Å². The van der Waals surface area contributed by atoms with Crippen molar-refractivity contribution in [2.24, 2.45) is 0 Å². The van der Waals surface area contributed by atoms with Crippen LogP contribution < -0.4 is 10.1 Å². The van der Waals surface area contributed by atoms with Crippen molar-refractivity contribution in [3.8, 4) is 5.75 Å². The largest absolute Gasteiger partial charge is 0.489 e. The number of benzene rings is 1. The lowest BCUT2D eigenvalue weighted by Crippen LogP contribution is -2.39. The Hall–Kier alpha value is -1.02. The highest BCUT2D eigenvalue weighted by Crippen LogP contribution is 2.27. The maximum atomic E-state index is 6.21. The summed E-state index contributed by atoms with van der Waals surface area (Å²) >= 11 is 0. The molecule has 1 saturated carbocycles. The molecular formula is C17H27NO. The molecule has 0 saturated heterocycles. The molecule has 2 unspecified atom stereocenters. The quantitative estimate of drug-likeness (QED) is 0.832. The molecule has 1 aliphatic carbocycles. The van der Waals surface area contributed by atoms with Crippen LogP contribution >= 0.6 is 0 Å². The first-order valence-corrected chi connectivity index (χ1v) is 7.70. The maximum absolute atomic E-state index is 6.21. The molecule has 1 N–H and O–H groups in total. The highest BCUT2D eigenvalue weighted by atomic mass is 16.5. The lowest BCUT2D eigenvalue weighted by molar-refractivity contribution is 0.174. The highest BCUT2D eigenvalue weighted by Gasteiger charge is 2.28. The number of nitrogens with one attached hydrogen (secondary N) is 1. The van der Waals surface area contributed by atoms with Gasteiger partial charge in [-0.1, -0.05) is 32.9 Å². The van der Waals surface area contributed by atoms with E-state index in [1.807, 2.05) is 0 Å². The molecule has 2 nitrogen and oxygen atoms in total. The standard InChI is InChI=1S/C17H27NO/c1-4-11-18-16-9-6-10-17(16)19-15-8-5-7-14(12-15)13(2)3/h5,7-8,12-13,16-18H,4,6,9-11H2,1-3H3. The second-order valence-electron chi connectivity index (χ2n) is 5.88. The summed E-state index contributed by atoms with van der Waals surface area (Å²) in [6.45, 7) is 7.75. The van der Waals surface area contributed by atoms with E-state index in [1.165, 1.54) is 31.2 Å². The molecule has 2 atom stereocenters. The summed E-state index contributed by atoms with van der Waals surface area (Å²) < 4.78 is 6.21. The van der Waals surface area contributed by atoms with Crippen molar-refractivity contribution in [1.82, 2.24) is 5.32 Å². The average Bonchev–Trinajstić information content (AvgIpc) is 2.84. The summed E-state index contributed by atoms with van der Waals surface area (Å²) in [4.78, 5) is 0. The minimum Gasteiger partial charge on any atom is -0.489 e. The first-order valence-electron chi connectivity index (χ1n) is 7.70. The number of hydrogen-bond acceptors (Lipinski definition) is 2. The second kappa shape index (κ2) is 6.95. The van der Waals surface area contributed by atoms with Gasteiger partial charge in [-0.2, -0.15) is 0 Å². The molecule has 0 heterocycles. The molecule has 0 radical (unpaired) electrons. The Bertz CT molecular complexity index is 389. The Morgan fingerprint density at radius 3 is 2.89 bits per heavy atom. The van der Waals surface area contributed by atoms with E-state index in [0.717, 1.165) is 12.3 Å². The van der Waals surface area contributed by atoms with Gasteiger partial charge in [-0.25, -0.2) is 0 Å². The lowest BCUT2D eigenvalue weighted by atomic mass is 10.0. The Balaban J connectivity index is 1.97. The molecule has 2 heteroatoms. The third kappa shape index (κ3) is 3.97. The van der Waals surface area contributed by atoms with Crippen LogP contribution in [0.15, 0.2) is 24.3 Å². The fraction of sp³-hybridized carbons (Fsp3) is 0.647. The summed E-state index contributed by atoms with van der Waals surface area (Å²) in [6, 6.07) is 9.09. The van der Waals surface area contributed by atoms with Crippen molar-refractivity contribution < 1.29 is 4.74 Å². The molecule has 0 bridgehead atoms. The zero-order valence-corrected chi connectivity index (χ0v) is 12.5. The van der Waals surface area contributed by atoms with Crippen LogP contribution in [0.2, 0.25) is 0 Å². The van der Waals surface area contributed by atoms with Crippen LogP contribution in [0.5, 0.6) is 5.75 Å². The van der Waals surface area contributed by atoms with Crippen molar-refractivity contribution >= 4 is 0 Å². The van der Waals surface area contributed by atoms with Gasteiger partial charge in [0.15, 0.2) is 0 Å². The third-order valence-electron chi connectivity index (χ3n) is 3.92. The van der Waals surface area contributed by atoms with E-state index in [4.69, 9.17) is 4.74 Å². The van der Waals surface area contributed by atoms with Crippen LogP contribution in [-0.2, 0) is 0 Å². The van der Waals surface area contributed by atoms with Crippen LogP contribution in [0, 0.1) is 0 Å².